The predicted octanol–water partition coefficient (Wildman–Crippen LogP) is 3.13. The highest BCUT2D eigenvalue weighted by atomic mass is 16.5. The average molecular weight is 366 g/mol. The zero-order chi connectivity index (χ0) is 18.4. The van der Waals surface area contributed by atoms with Crippen LogP contribution in [0, 0.1) is 17.8 Å². The van der Waals surface area contributed by atoms with E-state index in [0.717, 1.165) is 50.6 Å². The van der Waals surface area contributed by atoms with Crippen molar-refractivity contribution in [3.05, 3.63) is 53.4 Å². The van der Waals surface area contributed by atoms with Gasteiger partial charge in [0.25, 0.3) is 5.91 Å². The fourth-order valence-corrected chi connectivity index (χ4v) is 5.89. The van der Waals surface area contributed by atoms with Gasteiger partial charge in [0.2, 0.25) is 5.76 Å². The normalized spacial score (nSPS) is 34.0. The van der Waals surface area contributed by atoms with Gasteiger partial charge in [-0.15, -0.1) is 0 Å². The SMILES string of the molecule is O=C(NC1[C@@H]2CC3C[C@H]1CC(O)(C3)C2)c1cc(CCc2ccccc2)no1. The van der Waals surface area contributed by atoms with Crippen molar-refractivity contribution in [1.29, 1.82) is 0 Å². The molecule has 1 heterocycles. The number of benzene rings is 1. The Balaban J connectivity index is 1.21. The van der Waals surface area contributed by atoms with Crippen molar-refractivity contribution in [3.63, 3.8) is 0 Å². The van der Waals surface area contributed by atoms with E-state index < -0.39 is 5.60 Å². The fraction of sp³-hybridized carbons (Fsp3) is 0.545. The number of nitrogens with one attached hydrogen (secondary N) is 1. The third kappa shape index (κ3) is 3.29. The van der Waals surface area contributed by atoms with Gasteiger partial charge in [-0.05, 0) is 68.3 Å². The number of aliphatic hydroxyl groups is 1. The molecule has 4 fully saturated rings. The summed E-state index contributed by atoms with van der Waals surface area (Å²) in [6.45, 7) is 0. The minimum absolute atomic E-state index is 0.159. The minimum Gasteiger partial charge on any atom is -0.390 e. The van der Waals surface area contributed by atoms with Crippen LogP contribution in [0.2, 0.25) is 0 Å². The Bertz CT molecular complexity index is 815. The fourth-order valence-electron chi connectivity index (χ4n) is 5.89. The van der Waals surface area contributed by atoms with E-state index in [-0.39, 0.29) is 11.9 Å². The number of hydrogen-bond acceptors (Lipinski definition) is 4. The minimum atomic E-state index is -0.478. The second-order valence-corrected chi connectivity index (χ2v) is 8.86. The summed E-state index contributed by atoms with van der Waals surface area (Å²) in [5.74, 6) is 1.55. The van der Waals surface area contributed by atoms with Crippen LogP contribution >= 0.6 is 0 Å². The van der Waals surface area contributed by atoms with E-state index in [2.05, 4.69) is 22.6 Å². The van der Waals surface area contributed by atoms with Gasteiger partial charge in [0.1, 0.15) is 0 Å². The Hall–Kier alpha value is -2.14. The van der Waals surface area contributed by atoms with Crippen LogP contribution in [-0.4, -0.2) is 27.8 Å². The van der Waals surface area contributed by atoms with Crippen molar-refractivity contribution < 1.29 is 14.4 Å². The number of amides is 1. The molecule has 0 aliphatic heterocycles. The molecule has 4 aliphatic carbocycles. The van der Waals surface area contributed by atoms with Gasteiger partial charge in [-0.25, -0.2) is 0 Å². The molecule has 5 atom stereocenters. The molecule has 0 spiro atoms. The topological polar surface area (TPSA) is 75.4 Å². The van der Waals surface area contributed by atoms with E-state index in [0.29, 0.717) is 23.5 Å². The quantitative estimate of drug-likeness (QED) is 0.852. The molecule has 1 amide bonds. The van der Waals surface area contributed by atoms with Crippen molar-refractivity contribution in [2.75, 3.05) is 0 Å². The molecule has 4 aliphatic rings. The number of aryl methyl sites for hydroxylation is 2. The molecular weight excluding hydrogens is 340 g/mol. The number of hydrogen-bond donors (Lipinski definition) is 2. The molecule has 5 nitrogen and oxygen atoms in total. The number of rotatable bonds is 5. The maximum Gasteiger partial charge on any atom is 0.290 e. The first kappa shape index (κ1) is 17.0. The smallest absolute Gasteiger partial charge is 0.290 e. The maximum atomic E-state index is 12.7. The highest BCUT2D eigenvalue weighted by molar-refractivity contribution is 5.91. The summed E-state index contributed by atoms with van der Waals surface area (Å²) < 4.78 is 5.32. The summed E-state index contributed by atoms with van der Waals surface area (Å²) in [7, 11) is 0. The van der Waals surface area contributed by atoms with Crippen LogP contribution in [0.15, 0.2) is 40.9 Å². The van der Waals surface area contributed by atoms with Gasteiger partial charge >= 0.3 is 0 Å². The molecule has 4 saturated carbocycles. The molecule has 4 bridgehead atoms. The van der Waals surface area contributed by atoms with Crippen LogP contribution < -0.4 is 5.32 Å². The molecule has 2 aromatic rings. The number of nitrogens with zero attached hydrogens (tertiary/aromatic N) is 1. The molecule has 1 aromatic carbocycles. The standard InChI is InChI=1S/C22H26N2O3/c25-21(19-10-18(24-27-19)7-6-14-4-2-1-3-5-14)23-20-16-8-15-9-17(20)13-22(26,11-15)12-16/h1-5,10,15-17,20,26H,6-9,11-13H2,(H,23,25)/t15?,16-,17+,20?,22?. The van der Waals surface area contributed by atoms with E-state index in [1.165, 1.54) is 5.56 Å². The molecule has 27 heavy (non-hydrogen) atoms. The van der Waals surface area contributed by atoms with Crippen LogP contribution in [-0.2, 0) is 12.8 Å². The summed E-state index contributed by atoms with van der Waals surface area (Å²) in [4.78, 5) is 12.7. The lowest BCUT2D eigenvalue weighted by molar-refractivity contribution is -0.137. The summed E-state index contributed by atoms with van der Waals surface area (Å²) in [5.41, 5.74) is 1.58. The summed E-state index contributed by atoms with van der Waals surface area (Å²) >= 11 is 0. The van der Waals surface area contributed by atoms with Gasteiger partial charge < -0.3 is 14.9 Å². The Kier molecular flexibility index (Phi) is 4.08. The van der Waals surface area contributed by atoms with Crippen molar-refractivity contribution in [2.45, 2.75) is 56.6 Å². The van der Waals surface area contributed by atoms with Gasteiger partial charge in [0, 0.05) is 12.1 Å². The van der Waals surface area contributed by atoms with Crippen molar-refractivity contribution in [1.82, 2.24) is 10.5 Å². The first-order valence-electron chi connectivity index (χ1n) is 10.1. The van der Waals surface area contributed by atoms with Crippen LogP contribution in [0.25, 0.3) is 0 Å². The van der Waals surface area contributed by atoms with E-state index in [1.807, 2.05) is 18.2 Å². The highest BCUT2D eigenvalue weighted by Gasteiger charge is 2.55. The summed E-state index contributed by atoms with van der Waals surface area (Å²) in [5, 5.41) is 18.0. The van der Waals surface area contributed by atoms with Crippen LogP contribution in [0.1, 0.15) is 53.9 Å². The third-order valence-corrected chi connectivity index (χ3v) is 6.83. The molecular formula is C22H26N2O3. The van der Waals surface area contributed by atoms with Gasteiger partial charge in [0.05, 0.1) is 11.3 Å². The molecule has 2 N–H and O–H groups in total. The van der Waals surface area contributed by atoms with Gasteiger partial charge in [0.15, 0.2) is 0 Å². The number of aromatic nitrogens is 1. The summed E-state index contributed by atoms with van der Waals surface area (Å²) in [6.07, 6.45) is 6.48. The average Bonchev–Trinajstić information content (AvgIpc) is 3.12. The lowest BCUT2D eigenvalue weighted by Crippen LogP contribution is -2.61. The van der Waals surface area contributed by atoms with E-state index in [9.17, 15) is 9.90 Å². The predicted molar refractivity (Wildman–Crippen MR) is 100 cm³/mol. The second kappa shape index (κ2) is 6.48. The van der Waals surface area contributed by atoms with Gasteiger partial charge in [-0.1, -0.05) is 35.5 Å². The molecule has 0 radical (unpaired) electrons. The van der Waals surface area contributed by atoms with Crippen molar-refractivity contribution in [2.24, 2.45) is 17.8 Å². The number of carbonyl (C=O) groups is 1. The third-order valence-electron chi connectivity index (χ3n) is 6.83. The van der Waals surface area contributed by atoms with Gasteiger partial charge in [-0.2, -0.15) is 0 Å². The number of carbonyl (C=O) groups excluding carboxylic acids is 1. The Morgan fingerprint density at radius 1 is 1.15 bits per heavy atom. The van der Waals surface area contributed by atoms with E-state index in [4.69, 9.17) is 4.52 Å². The molecule has 5 heteroatoms. The lowest BCUT2D eigenvalue weighted by Gasteiger charge is -2.58. The molecule has 3 unspecified atom stereocenters. The van der Waals surface area contributed by atoms with Crippen LogP contribution in [0.5, 0.6) is 0 Å². The molecule has 1 aromatic heterocycles. The molecule has 6 rings (SSSR count). The van der Waals surface area contributed by atoms with Crippen molar-refractivity contribution >= 4 is 5.91 Å². The summed E-state index contributed by atoms with van der Waals surface area (Å²) in [6, 6.07) is 12.2. The lowest BCUT2D eigenvalue weighted by atomic mass is 9.52. The first-order valence-corrected chi connectivity index (χ1v) is 10.1. The van der Waals surface area contributed by atoms with Crippen LogP contribution in [0.4, 0.5) is 0 Å². The van der Waals surface area contributed by atoms with E-state index in [1.54, 1.807) is 6.07 Å². The zero-order valence-electron chi connectivity index (χ0n) is 15.4. The monoisotopic (exact) mass is 366 g/mol. The maximum absolute atomic E-state index is 12.7. The Labute approximate surface area is 159 Å². The van der Waals surface area contributed by atoms with Crippen molar-refractivity contribution in [3.8, 4) is 0 Å². The molecule has 142 valence electrons. The van der Waals surface area contributed by atoms with Gasteiger partial charge in [-0.3, -0.25) is 4.79 Å². The molecule has 0 saturated heterocycles. The Morgan fingerprint density at radius 2 is 1.89 bits per heavy atom. The first-order chi connectivity index (χ1) is 13.1. The Morgan fingerprint density at radius 3 is 2.59 bits per heavy atom. The highest BCUT2D eigenvalue weighted by Crippen LogP contribution is 2.55. The largest absolute Gasteiger partial charge is 0.390 e. The van der Waals surface area contributed by atoms with E-state index >= 15 is 0 Å². The zero-order valence-corrected chi connectivity index (χ0v) is 15.4. The van der Waals surface area contributed by atoms with Crippen LogP contribution in [0.3, 0.4) is 0 Å². The second-order valence-electron chi connectivity index (χ2n) is 8.86.